The Labute approximate surface area is 238 Å². The van der Waals surface area contributed by atoms with Gasteiger partial charge in [0.1, 0.15) is 18.1 Å². The Hall–Kier alpha value is -4.46. The highest BCUT2D eigenvalue weighted by Crippen LogP contribution is 2.09. The number of rotatable bonds is 17. The van der Waals surface area contributed by atoms with Crippen LogP contribution in [-0.4, -0.2) is 75.4 Å². The molecule has 1 heterocycles. The van der Waals surface area contributed by atoms with E-state index >= 15 is 0 Å². The van der Waals surface area contributed by atoms with Gasteiger partial charge in [0.05, 0.1) is 12.4 Å². The summed E-state index contributed by atoms with van der Waals surface area (Å²) in [5.74, 6) is -3.03. The number of amides is 3. The van der Waals surface area contributed by atoms with Crippen LogP contribution in [0.2, 0.25) is 0 Å². The second-order valence-corrected chi connectivity index (χ2v) is 10.2. The van der Waals surface area contributed by atoms with E-state index in [0.717, 1.165) is 5.56 Å². The minimum atomic E-state index is -1.25. The lowest BCUT2D eigenvalue weighted by Crippen LogP contribution is -2.58. The number of hydrogen-bond donors (Lipinski definition) is 8. The SMILES string of the molecule is CC(C)CC(N)C(=O)NC(Cc1ccccc1)C(=O)NC(Cc1cnc[nH]1)C(=O)NC(CCCN=C(N)N)C(=O)O. The number of nitrogens with two attached hydrogens (primary N) is 3. The fourth-order valence-electron chi connectivity index (χ4n) is 4.08. The molecule has 0 aliphatic rings. The van der Waals surface area contributed by atoms with Gasteiger partial charge in [0.2, 0.25) is 17.7 Å². The highest BCUT2D eigenvalue weighted by Gasteiger charge is 2.31. The van der Waals surface area contributed by atoms with Crippen molar-refractivity contribution in [3.05, 3.63) is 54.1 Å². The number of aromatic amines is 1. The van der Waals surface area contributed by atoms with E-state index in [-0.39, 0.29) is 37.7 Å². The Morgan fingerprint density at radius 1 is 0.951 bits per heavy atom. The van der Waals surface area contributed by atoms with Crippen LogP contribution in [0.3, 0.4) is 0 Å². The van der Waals surface area contributed by atoms with Gasteiger partial charge in [0.25, 0.3) is 0 Å². The topological polar surface area (TPSA) is 244 Å². The predicted octanol–water partition coefficient (Wildman–Crippen LogP) is -0.839. The summed E-state index contributed by atoms with van der Waals surface area (Å²) >= 11 is 0. The highest BCUT2D eigenvalue weighted by molar-refractivity contribution is 5.94. The number of hydrogen-bond acceptors (Lipinski definition) is 7. The number of aliphatic imine (C=N–C) groups is 1. The number of guanidine groups is 1. The van der Waals surface area contributed by atoms with E-state index < -0.39 is 47.9 Å². The molecule has 14 heteroatoms. The molecule has 0 saturated carbocycles. The van der Waals surface area contributed by atoms with Crippen molar-refractivity contribution in [3.63, 3.8) is 0 Å². The molecule has 0 aliphatic carbocycles. The van der Waals surface area contributed by atoms with Gasteiger partial charge in [-0.05, 0) is 30.7 Å². The summed E-state index contributed by atoms with van der Waals surface area (Å²) in [5, 5.41) is 17.5. The molecule has 0 spiro atoms. The first-order valence-electron chi connectivity index (χ1n) is 13.4. The number of benzene rings is 1. The van der Waals surface area contributed by atoms with Gasteiger partial charge < -0.3 is 43.2 Å². The van der Waals surface area contributed by atoms with Crippen molar-refractivity contribution in [1.29, 1.82) is 0 Å². The van der Waals surface area contributed by atoms with Crippen LogP contribution in [0.4, 0.5) is 0 Å². The summed E-state index contributed by atoms with van der Waals surface area (Å²) in [7, 11) is 0. The van der Waals surface area contributed by atoms with E-state index in [1.807, 2.05) is 44.2 Å². The Kier molecular flexibility index (Phi) is 13.3. The summed E-state index contributed by atoms with van der Waals surface area (Å²) < 4.78 is 0. The number of H-pyrrole nitrogens is 1. The number of nitrogens with one attached hydrogen (secondary N) is 4. The average Bonchev–Trinajstić information content (AvgIpc) is 3.42. The zero-order valence-electron chi connectivity index (χ0n) is 23.4. The standard InChI is InChI=1S/C27H41N9O5/c1-16(2)11-19(28)23(37)35-21(12-17-7-4-3-5-8-17)24(38)36-22(13-18-14-31-15-33-18)25(39)34-20(26(40)41)9-6-10-32-27(29)30/h3-5,7-8,14-16,19-22H,6,9-13,28H2,1-2H3,(H,31,33)(H,34,39)(H,35,37)(H,36,38)(H,40,41)(H4,29,30,32). The maximum Gasteiger partial charge on any atom is 0.326 e. The first kappa shape index (κ1) is 32.8. The van der Waals surface area contributed by atoms with Crippen LogP contribution in [-0.2, 0) is 32.0 Å². The number of nitrogens with zero attached hydrogens (tertiary/aromatic N) is 2. The molecular weight excluding hydrogens is 530 g/mol. The molecule has 0 aliphatic heterocycles. The molecule has 4 atom stereocenters. The number of aromatic nitrogens is 2. The molecule has 1 aromatic carbocycles. The smallest absolute Gasteiger partial charge is 0.326 e. The number of carboxylic acids is 1. The molecule has 4 unspecified atom stereocenters. The van der Waals surface area contributed by atoms with Gasteiger partial charge in [0, 0.05) is 31.3 Å². The molecule has 0 saturated heterocycles. The van der Waals surface area contributed by atoms with E-state index in [1.165, 1.54) is 12.5 Å². The molecular formula is C27H41N9O5. The summed E-state index contributed by atoms with van der Waals surface area (Å²) in [6.45, 7) is 4.06. The first-order chi connectivity index (χ1) is 19.5. The zero-order valence-corrected chi connectivity index (χ0v) is 23.4. The van der Waals surface area contributed by atoms with Gasteiger partial charge in [-0.15, -0.1) is 0 Å². The maximum atomic E-state index is 13.5. The molecule has 3 amide bonds. The van der Waals surface area contributed by atoms with Crippen LogP contribution >= 0.6 is 0 Å². The van der Waals surface area contributed by atoms with Crippen LogP contribution in [0.1, 0.15) is 44.4 Å². The highest BCUT2D eigenvalue weighted by atomic mass is 16.4. The van der Waals surface area contributed by atoms with Gasteiger partial charge >= 0.3 is 5.97 Å². The van der Waals surface area contributed by atoms with Crippen molar-refractivity contribution in [2.45, 2.75) is 70.1 Å². The third-order valence-electron chi connectivity index (χ3n) is 6.15. The van der Waals surface area contributed by atoms with Crippen molar-refractivity contribution < 1.29 is 24.3 Å². The molecule has 14 nitrogen and oxygen atoms in total. The van der Waals surface area contributed by atoms with Crippen molar-refractivity contribution in [1.82, 2.24) is 25.9 Å². The third-order valence-corrected chi connectivity index (χ3v) is 6.15. The number of imidazole rings is 1. The maximum absolute atomic E-state index is 13.5. The molecule has 224 valence electrons. The number of carbonyl (C=O) groups is 4. The molecule has 2 aromatic rings. The van der Waals surface area contributed by atoms with Crippen molar-refractivity contribution in [3.8, 4) is 0 Å². The minimum Gasteiger partial charge on any atom is -0.480 e. The zero-order chi connectivity index (χ0) is 30.4. The number of aliphatic carboxylic acids is 1. The van der Waals surface area contributed by atoms with E-state index in [1.54, 1.807) is 0 Å². The molecule has 0 bridgehead atoms. The van der Waals surface area contributed by atoms with E-state index in [4.69, 9.17) is 17.2 Å². The quantitative estimate of drug-likeness (QED) is 0.0669. The molecule has 0 fully saturated rings. The van der Waals surface area contributed by atoms with Gasteiger partial charge in [0.15, 0.2) is 5.96 Å². The van der Waals surface area contributed by atoms with Crippen molar-refractivity contribution >= 4 is 29.7 Å². The van der Waals surface area contributed by atoms with Gasteiger partial charge in [-0.25, -0.2) is 9.78 Å². The van der Waals surface area contributed by atoms with Crippen molar-refractivity contribution in [2.24, 2.45) is 28.1 Å². The van der Waals surface area contributed by atoms with Crippen LogP contribution in [0.5, 0.6) is 0 Å². The molecule has 2 rings (SSSR count). The summed E-state index contributed by atoms with van der Waals surface area (Å²) in [4.78, 5) is 62.2. The Morgan fingerprint density at radius 3 is 2.12 bits per heavy atom. The summed E-state index contributed by atoms with van der Waals surface area (Å²) in [5.41, 5.74) is 18.0. The second kappa shape index (κ2) is 16.6. The average molecular weight is 572 g/mol. The van der Waals surface area contributed by atoms with Gasteiger partial charge in [-0.1, -0.05) is 44.2 Å². The largest absolute Gasteiger partial charge is 0.480 e. The normalized spacial score (nSPS) is 13.9. The first-order valence-corrected chi connectivity index (χ1v) is 13.4. The summed E-state index contributed by atoms with van der Waals surface area (Å²) in [6, 6.07) is 4.79. The van der Waals surface area contributed by atoms with Crippen LogP contribution in [0, 0.1) is 5.92 Å². The Morgan fingerprint density at radius 2 is 1.56 bits per heavy atom. The lowest BCUT2D eigenvalue weighted by molar-refractivity contribution is -0.142. The molecule has 11 N–H and O–H groups in total. The molecule has 1 aromatic heterocycles. The molecule has 41 heavy (non-hydrogen) atoms. The second-order valence-electron chi connectivity index (χ2n) is 10.2. The minimum absolute atomic E-state index is 0.00319. The number of carbonyl (C=O) groups excluding carboxylic acids is 3. The van der Waals surface area contributed by atoms with Crippen molar-refractivity contribution in [2.75, 3.05) is 6.54 Å². The van der Waals surface area contributed by atoms with Gasteiger partial charge in [-0.2, -0.15) is 0 Å². The lowest BCUT2D eigenvalue weighted by Gasteiger charge is -2.25. The van der Waals surface area contributed by atoms with E-state index in [9.17, 15) is 24.3 Å². The third kappa shape index (κ3) is 12.1. The Bertz CT molecular complexity index is 1150. The predicted molar refractivity (Wildman–Crippen MR) is 153 cm³/mol. The lowest BCUT2D eigenvalue weighted by atomic mass is 10.0. The molecule has 0 radical (unpaired) electrons. The van der Waals surface area contributed by atoms with Crippen LogP contribution in [0.25, 0.3) is 0 Å². The van der Waals surface area contributed by atoms with Crippen LogP contribution < -0.4 is 33.2 Å². The number of carboxylic acid groups (broad SMARTS) is 1. The Balaban J connectivity index is 2.23. The van der Waals surface area contributed by atoms with E-state index in [2.05, 4.69) is 30.9 Å². The van der Waals surface area contributed by atoms with E-state index in [0.29, 0.717) is 18.5 Å². The monoisotopic (exact) mass is 571 g/mol. The fourth-order valence-corrected chi connectivity index (χ4v) is 4.08. The fraction of sp³-hybridized carbons (Fsp3) is 0.481. The summed E-state index contributed by atoms with van der Waals surface area (Å²) in [6.07, 6.45) is 3.84. The van der Waals surface area contributed by atoms with Crippen LogP contribution in [0.15, 0.2) is 47.8 Å². The van der Waals surface area contributed by atoms with Gasteiger partial charge in [-0.3, -0.25) is 19.4 Å².